The first-order chi connectivity index (χ1) is 13.3. The monoisotopic (exact) mass is 390 g/mol. The molecule has 0 amide bonds. The summed E-state index contributed by atoms with van der Waals surface area (Å²) in [6, 6.07) is 6.30. The summed E-state index contributed by atoms with van der Waals surface area (Å²) in [4.78, 5) is 12.9. The second kappa shape index (κ2) is 6.35. The standard InChI is InChI=1S/C19H18O9/c20-7-13-16(25)18(26)19(27-13)6-10-11(22)5-12(23)14(17(10)28-19)15(24)8-1-3-9(21)4-2-8/h1-5,13,16,18,20-23,25-26H,6-7H2/t13-,16-,18+,19-/m1/s1. The summed E-state index contributed by atoms with van der Waals surface area (Å²) in [5, 5.41) is 59.6. The smallest absolute Gasteiger partial charge is 0.244 e. The Morgan fingerprint density at radius 1 is 1.11 bits per heavy atom. The molecule has 6 N–H and O–H groups in total. The molecule has 1 fully saturated rings. The Hall–Kier alpha value is -2.85. The van der Waals surface area contributed by atoms with E-state index >= 15 is 0 Å². The highest BCUT2D eigenvalue weighted by Gasteiger charge is 2.60. The minimum absolute atomic E-state index is 0.0431. The molecule has 4 rings (SSSR count). The van der Waals surface area contributed by atoms with E-state index in [1.807, 2.05) is 0 Å². The molecule has 0 saturated carbocycles. The number of aromatic hydroxyl groups is 3. The molecule has 9 heteroatoms. The molecule has 0 bridgehead atoms. The van der Waals surface area contributed by atoms with Crippen molar-refractivity contribution in [2.75, 3.05) is 6.61 Å². The summed E-state index contributed by atoms with van der Waals surface area (Å²) in [6.45, 7) is -0.573. The van der Waals surface area contributed by atoms with E-state index in [4.69, 9.17) is 9.47 Å². The van der Waals surface area contributed by atoms with Crippen LogP contribution in [0.1, 0.15) is 21.5 Å². The van der Waals surface area contributed by atoms with E-state index in [1.54, 1.807) is 0 Å². The van der Waals surface area contributed by atoms with E-state index in [2.05, 4.69) is 0 Å². The number of hydrogen-bond donors (Lipinski definition) is 6. The minimum atomic E-state index is -1.82. The summed E-state index contributed by atoms with van der Waals surface area (Å²) in [5.41, 5.74) is 0.00423. The van der Waals surface area contributed by atoms with E-state index in [1.165, 1.54) is 24.3 Å². The lowest BCUT2D eigenvalue weighted by Gasteiger charge is -2.26. The second-order valence-corrected chi connectivity index (χ2v) is 6.84. The lowest BCUT2D eigenvalue weighted by atomic mass is 9.95. The Morgan fingerprint density at radius 3 is 2.39 bits per heavy atom. The van der Waals surface area contributed by atoms with Gasteiger partial charge in [0, 0.05) is 23.6 Å². The van der Waals surface area contributed by atoms with Crippen LogP contribution in [0, 0.1) is 0 Å². The molecule has 1 spiro atoms. The molecule has 2 aromatic carbocycles. The van der Waals surface area contributed by atoms with Crippen LogP contribution in [0.3, 0.4) is 0 Å². The van der Waals surface area contributed by atoms with Crippen molar-refractivity contribution in [3.63, 3.8) is 0 Å². The van der Waals surface area contributed by atoms with Gasteiger partial charge in [-0.25, -0.2) is 0 Å². The fourth-order valence-electron chi connectivity index (χ4n) is 3.62. The van der Waals surface area contributed by atoms with Crippen LogP contribution >= 0.6 is 0 Å². The van der Waals surface area contributed by atoms with Crippen LogP contribution in [0.4, 0.5) is 0 Å². The van der Waals surface area contributed by atoms with E-state index in [-0.39, 0.29) is 40.4 Å². The molecule has 148 valence electrons. The number of aliphatic hydroxyl groups excluding tert-OH is 3. The van der Waals surface area contributed by atoms with E-state index in [0.717, 1.165) is 6.07 Å². The Balaban J connectivity index is 1.79. The summed E-state index contributed by atoms with van der Waals surface area (Å²) >= 11 is 0. The number of carbonyl (C=O) groups is 1. The van der Waals surface area contributed by atoms with Gasteiger partial charge in [-0.1, -0.05) is 0 Å². The third-order valence-corrected chi connectivity index (χ3v) is 5.08. The summed E-state index contributed by atoms with van der Waals surface area (Å²) in [6.07, 6.45) is -4.32. The van der Waals surface area contributed by atoms with Gasteiger partial charge in [-0.3, -0.25) is 4.79 Å². The predicted octanol–water partition coefficient (Wildman–Crippen LogP) is -0.221. The molecular weight excluding hydrogens is 372 g/mol. The van der Waals surface area contributed by atoms with Crippen molar-refractivity contribution in [3.05, 3.63) is 47.0 Å². The normalized spacial score (nSPS) is 28.3. The SMILES string of the molecule is O=C(c1ccc(O)cc1)c1c(O)cc(O)c2c1O[C@@]1(C2)O[C@H](CO)[C@@H](O)[C@@H]1O. The van der Waals surface area contributed by atoms with Crippen LogP contribution < -0.4 is 4.74 Å². The summed E-state index contributed by atoms with van der Waals surface area (Å²) in [5.74, 6) is -3.59. The second-order valence-electron chi connectivity index (χ2n) is 6.84. The number of fused-ring (bicyclic) bond motifs is 1. The number of ether oxygens (including phenoxy) is 2. The van der Waals surface area contributed by atoms with Gasteiger partial charge in [0.15, 0.2) is 0 Å². The van der Waals surface area contributed by atoms with Crippen LogP contribution in [-0.4, -0.2) is 67.1 Å². The van der Waals surface area contributed by atoms with Crippen LogP contribution in [0.25, 0.3) is 0 Å². The molecule has 1 saturated heterocycles. The molecule has 0 aliphatic carbocycles. The maximum Gasteiger partial charge on any atom is 0.244 e. The first-order valence-corrected chi connectivity index (χ1v) is 8.53. The third kappa shape index (κ3) is 2.60. The molecule has 0 radical (unpaired) electrons. The number of ketones is 1. The van der Waals surface area contributed by atoms with Gasteiger partial charge >= 0.3 is 0 Å². The van der Waals surface area contributed by atoms with Gasteiger partial charge in [0.2, 0.25) is 11.6 Å². The number of benzene rings is 2. The number of carbonyl (C=O) groups excluding carboxylic acids is 1. The van der Waals surface area contributed by atoms with E-state index in [9.17, 15) is 35.4 Å². The van der Waals surface area contributed by atoms with Gasteiger partial charge in [-0.15, -0.1) is 0 Å². The quantitative estimate of drug-likeness (QED) is 0.390. The number of hydrogen-bond acceptors (Lipinski definition) is 9. The molecule has 4 atom stereocenters. The minimum Gasteiger partial charge on any atom is -0.508 e. The topological polar surface area (TPSA) is 157 Å². The molecule has 2 aliphatic rings. The van der Waals surface area contributed by atoms with Crippen molar-refractivity contribution in [2.45, 2.75) is 30.5 Å². The van der Waals surface area contributed by atoms with Crippen LogP contribution in [0.5, 0.6) is 23.0 Å². The average molecular weight is 390 g/mol. The summed E-state index contributed by atoms with van der Waals surface area (Å²) < 4.78 is 11.2. The maximum atomic E-state index is 12.9. The Labute approximate surface area is 158 Å². The van der Waals surface area contributed by atoms with Gasteiger partial charge in [0.05, 0.1) is 6.61 Å². The van der Waals surface area contributed by atoms with Crippen LogP contribution in [0.2, 0.25) is 0 Å². The number of phenolic OH excluding ortho intramolecular Hbond substituents is 3. The maximum absolute atomic E-state index is 12.9. The highest BCUT2D eigenvalue weighted by molar-refractivity contribution is 6.13. The highest BCUT2D eigenvalue weighted by atomic mass is 16.7. The summed E-state index contributed by atoms with van der Waals surface area (Å²) in [7, 11) is 0. The Morgan fingerprint density at radius 2 is 1.79 bits per heavy atom. The fraction of sp³-hybridized carbons (Fsp3) is 0.316. The molecule has 28 heavy (non-hydrogen) atoms. The van der Waals surface area contributed by atoms with Gasteiger partial charge in [-0.05, 0) is 24.3 Å². The zero-order valence-electron chi connectivity index (χ0n) is 14.4. The molecule has 2 aliphatic heterocycles. The lowest BCUT2D eigenvalue weighted by Crippen LogP contribution is -2.47. The highest BCUT2D eigenvalue weighted by Crippen LogP contribution is 2.51. The largest absolute Gasteiger partial charge is 0.508 e. The van der Waals surface area contributed by atoms with Crippen LogP contribution in [-0.2, 0) is 11.2 Å². The van der Waals surface area contributed by atoms with Crippen molar-refractivity contribution < 1.29 is 44.9 Å². The van der Waals surface area contributed by atoms with Crippen LogP contribution in [0.15, 0.2) is 30.3 Å². The van der Waals surface area contributed by atoms with E-state index in [0.29, 0.717) is 0 Å². The van der Waals surface area contributed by atoms with Gasteiger partial charge in [0.1, 0.15) is 46.9 Å². The van der Waals surface area contributed by atoms with Crippen molar-refractivity contribution in [1.29, 1.82) is 0 Å². The molecular formula is C19H18O9. The van der Waals surface area contributed by atoms with Crippen molar-refractivity contribution >= 4 is 5.78 Å². The molecule has 0 unspecified atom stereocenters. The molecule has 0 aromatic heterocycles. The Kier molecular flexibility index (Phi) is 4.20. The zero-order valence-corrected chi connectivity index (χ0v) is 14.4. The number of phenols is 3. The lowest BCUT2D eigenvalue weighted by molar-refractivity contribution is -0.200. The predicted molar refractivity (Wildman–Crippen MR) is 92.3 cm³/mol. The van der Waals surface area contributed by atoms with Crippen molar-refractivity contribution in [3.8, 4) is 23.0 Å². The van der Waals surface area contributed by atoms with Gasteiger partial charge < -0.3 is 40.1 Å². The Bertz CT molecular complexity index is 939. The first-order valence-electron chi connectivity index (χ1n) is 8.53. The third-order valence-electron chi connectivity index (χ3n) is 5.08. The average Bonchev–Trinajstić information content (AvgIpc) is 3.16. The number of rotatable bonds is 3. The molecule has 2 aromatic rings. The zero-order chi connectivity index (χ0) is 20.2. The van der Waals surface area contributed by atoms with Crippen molar-refractivity contribution in [2.24, 2.45) is 0 Å². The molecule has 2 heterocycles. The van der Waals surface area contributed by atoms with Gasteiger partial charge in [0.25, 0.3) is 0 Å². The van der Waals surface area contributed by atoms with E-state index < -0.39 is 42.2 Å². The fourth-order valence-corrected chi connectivity index (χ4v) is 3.62. The first kappa shape index (κ1) is 18.5. The van der Waals surface area contributed by atoms with Crippen molar-refractivity contribution in [1.82, 2.24) is 0 Å². The van der Waals surface area contributed by atoms with Gasteiger partial charge in [-0.2, -0.15) is 0 Å². The molecule has 9 nitrogen and oxygen atoms in total. The number of aliphatic hydroxyl groups is 3.